The number of hydrogen-bond donors (Lipinski definition) is 1. The minimum Gasteiger partial charge on any atom is -0.376 e. The summed E-state index contributed by atoms with van der Waals surface area (Å²) >= 11 is 0. The van der Waals surface area contributed by atoms with Crippen LogP contribution in [0.2, 0.25) is 0 Å². The Balaban J connectivity index is 1.96. The Labute approximate surface area is 127 Å². The van der Waals surface area contributed by atoms with Crippen molar-refractivity contribution >= 4 is 5.69 Å². The van der Waals surface area contributed by atoms with Crippen molar-refractivity contribution in [2.75, 3.05) is 31.6 Å². The largest absolute Gasteiger partial charge is 0.376 e. The van der Waals surface area contributed by atoms with Gasteiger partial charge in [0.05, 0.1) is 6.10 Å². The normalized spacial score (nSPS) is 18.7. The van der Waals surface area contributed by atoms with E-state index in [2.05, 4.69) is 23.2 Å². The minimum absolute atomic E-state index is 0.169. The van der Waals surface area contributed by atoms with E-state index in [1.165, 1.54) is 6.42 Å². The number of halogens is 1. The highest BCUT2D eigenvalue weighted by atomic mass is 19.1. The molecule has 2 rings (SSSR count). The summed E-state index contributed by atoms with van der Waals surface area (Å²) in [6.07, 6.45) is 4.85. The number of hydrogen-bond acceptors (Lipinski definition) is 3. The van der Waals surface area contributed by atoms with E-state index in [1.807, 2.05) is 7.05 Å². The van der Waals surface area contributed by atoms with E-state index in [9.17, 15) is 4.39 Å². The summed E-state index contributed by atoms with van der Waals surface area (Å²) in [6.45, 7) is 5.48. The Kier molecular flexibility index (Phi) is 6.46. The Morgan fingerprint density at radius 1 is 1.33 bits per heavy atom. The summed E-state index contributed by atoms with van der Waals surface area (Å²) in [5.74, 6) is -0.169. The highest BCUT2D eigenvalue weighted by Crippen LogP contribution is 2.20. The fraction of sp³-hybridized carbons (Fsp3) is 0.647. The summed E-state index contributed by atoms with van der Waals surface area (Å²) < 4.78 is 19.6. The Morgan fingerprint density at radius 2 is 2.19 bits per heavy atom. The first-order chi connectivity index (χ1) is 10.2. The zero-order chi connectivity index (χ0) is 15.1. The molecule has 1 aromatic rings. The second-order valence-corrected chi connectivity index (χ2v) is 5.86. The number of benzene rings is 1. The van der Waals surface area contributed by atoms with Crippen LogP contribution in [0.4, 0.5) is 10.1 Å². The van der Waals surface area contributed by atoms with Gasteiger partial charge in [-0.15, -0.1) is 0 Å². The quantitative estimate of drug-likeness (QED) is 0.781. The molecule has 1 atom stereocenters. The molecule has 1 heterocycles. The molecule has 0 radical (unpaired) electrons. The second-order valence-electron chi connectivity index (χ2n) is 5.86. The minimum atomic E-state index is -0.169. The summed E-state index contributed by atoms with van der Waals surface area (Å²) in [5, 5.41) is 3.32. The molecule has 1 saturated heterocycles. The summed E-state index contributed by atoms with van der Waals surface area (Å²) in [4.78, 5) is 2.10. The maximum atomic E-state index is 13.8. The molecule has 21 heavy (non-hydrogen) atoms. The van der Waals surface area contributed by atoms with Crippen LogP contribution in [-0.4, -0.2) is 32.8 Å². The molecule has 0 spiro atoms. The highest BCUT2D eigenvalue weighted by Gasteiger charge is 2.16. The lowest BCUT2D eigenvalue weighted by Gasteiger charge is -2.29. The maximum Gasteiger partial charge on any atom is 0.125 e. The summed E-state index contributed by atoms with van der Waals surface area (Å²) in [7, 11) is 2.01. The van der Waals surface area contributed by atoms with Crippen LogP contribution in [0.25, 0.3) is 0 Å². The van der Waals surface area contributed by atoms with Gasteiger partial charge in [-0.2, -0.15) is 0 Å². The van der Waals surface area contributed by atoms with Crippen molar-refractivity contribution in [2.45, 2.75) is 45.3 Å². The molecule has 4 heteroatoms. The van der Waals surface area contributed by atoms with E-state index >= 15 is 0 Å². The Hall–Kier alpha value is -1.13. The average molecular weight is 294 g/mol. The molecule has 0 saturated carbocycles. The summed E-state index contributed by atoms with van der Waals surface area (Å²) in [6, 6.07) is 5.28. The maximum absolute atomic E-state index is 13.8. The molecule has 0 bridgehead atoms. The number of nitrogens with one attached hydrogen (secondary N) is 1. The van der Waals surface area contributed by atoms with Gasteiger partial charge < -0.3 is 15.0 Å². The van der Waals surface area contributed by atoms with Crippen LogP contribution in [0.15, 0.2) is 18.2 Å². The number of nitrogens with zero attached hydrogens (tertiary/aromatic N) is 1. The van der Waals surface area contributed by atoms with Gasteiger partial charge in [0.2, 0.25) is 0 Å². The van der Waals surface area contributed by atoms with Gasteiger partial charge in [0, 0.05) is 32.4 Å². The average Bonchev–Trinajstić information content (AvgIpc) is 2.48. The van der Waals surface area contributed by atoms with E-state index in [1.54, 1.807) is 12.1 Å². The molecule has 1 fully saturated rings. The molecule has 1 aromatic carbocycles. The van der Waals surface area contributed by atoms with Crippen molar-refractivity contribution in [3.8, 4) is 0 Å². The van der Waals surface area contributed by atoms with Crippen molar-refractivity contribution in [1.29, 1.82) is 0 Å². The first-order valence-electron chi connectivity index (χ1n) is 8.02. The fourth-order valence-electron chi connectivity index (χ4n) is 2.73. The van der Waals surface area contributed by atoms with Gasteiger partial charge in [-0.1, -0.05) is 6.92 Å². The molecule has 1 aliphatic rings. The zero-order valence-corrected chi connectivity index (χ0v) is 13.2. The third-order valence-electron chi connectivity index (χ3n) is 3.89. The van der Waals surface area contributed by atoms with E-state index in [0.717, 1.165) is 50.2 Å². The van der Waals surface area contributed by atoms with Crippen molar-refractivity contribution < 1.29 is 9.13 Å². The lowest BCUT2D eigenvalue weighted by atomic mass is 10.1. The highest BCUT2D eigenvalue weighted by molar-refractivity contribution is 5.48. The van der Waals surface area contributed by atoms with Gasteiger partial charge in [0.15, 0.2) is 0 Å². The van der Waals surface area contributed by atoms with Crippen LogP contribution < -0.4 is 10.2 Å². The number of ether oxygens (including phenoxy) is 1. The number of likely N-dealkylation sites (N-methyl/N-ethyl adjacent to an activating group) is 1. The van der Waals surface area contributed by atoms with Crippen LogP contribution in [0.3, 0.4) is 0 Å². The van der Waals surface area contributed by atoms with Crippen LogP contribution in [-0.2, 0) is 11.3 Å². The van der Waals surface area contributed by atoms with Gasteiger partial charge in [-0.3, -0.25) is 0 Å². The van der Waals surface area contributed by atoms with Crippen LogP contribution >= 0.6 is 0 Å². The third kappa shape index (κ3) is 5.29. The zero-order valence-electron chi connectivity index (χ0n) is 13.2. The van der Waals surface area contributed by atoms with Crippen molar-refractivity contribution in [1.82, 2.24) is 5.32 Å². The van der Waals surface area contributed by atoms with Crippen LogP contribution in [0.1, 0.15) is 38.2 Å². The molecule has 1 aliphatic heterocycles. The molecule has 3 nitrogen and oxygen atoms in total. The SMILES string of the molecule is CCCNCc1cc(F)cc(N(C)CC2CCCCO2)c1. The van der Waals surface area contributed by atoms with Crippen LogP contribution in [0, 0.1) is 5.82 Å². The van der Waals surface area contributed by atoms with E-state index in [0.29, 0.717) is 6.54 Å². The second kappa shape index (κ2) is 8.35. The molecule has 0 aliphatic carbocycles. The monoisotopic (exact) mass is 294 g/mol. The molecule has 0 amide bonds. The standard InChI is InChI=1S/C17H27FN2O/c1-3-7-19-12-14-9-15(18)11-16(10-14)20(2)13-17-6-4-5-8-21-17/h9-11,17,19H,3-8,12-13H2,1-2H3. The molecular weight excluding hydrogens is 267 g/mol. The van der Waals surface area contributed by atoms with Gasteiger partial charge >= 0.3 is 0 Å². The van der Waals surface area contributed by atoms with Gasteiger partial charge in [0.1, 0.15) is 5.82 Å². The lowest BCUT2D eigenvalue weighted by Crippen LogP contribution is -2.33. The summed E-state index contributed by atoms with van der Waals surface area (Å²) in [5.41, 5.74) is 1.92. The molecule has 1 N–H and O–H groups in total. The first kappa shape index (κ1) is 16.2. The molecule has 0 aromatic heterocycles. The van der Waals surface area contributed by atoms with Gasteiger partial charge in [-0.25, -0.2) is 4.39 Å². The van der Waals surface area contributed by atoms with Crippen molar-refractivity contribution in [2.24, 2.45) is 0 Å². The Morgan fingerprint density at radius 3 is 2.90 bits per heavy atom. The smallest absolute Gasteiger partial charge is 0.125 e. The topological polar surface area (TPSA) is 24.5 Å². The van der Waals surface area contributed by atoms with E-state index in [-0.39, 0.29) is 11.9 Å². The van der Waals surface area contributed by atoms with Crippen LogP contribution in [0.5, 0.6) is 0 Å². The lowest BCUT2D eigenvalue weighted by molar-refractivity contribution is 0.0216. The van der Waals surface area contributed by atoms with E-state index in [4.69, 9.17) is 4.74 Å². The van der Waals surface area contributed by atoms with Gasteiger partial charge in [-0.05, 0) is 56.0 Å². The van der Waals surface area contributed by atoms with Gasteiger partial charge in [0.25, 0.3) is 0 Å². The molecular formula is C17H27FN2O. The molecule has 1 unspecified atom stereocenters. The fourth-order valence-corrected chi connectivity index (χ4v) is 2.73. The number of anilines is 1. The predicted octanol–water partition coefficient (Wildman–Crippen LogP) is 3.33. The predicted molar refractivity (Wildman–Crippen MR) is 85.3 cm³/mol. The Bertz CT molecular complexity index is 433. The van der Waals surface area contributed by atoms with E-state index < -0.39 is 0 Å². The van der Waals surface area contributed by atoms with Crippen molar-refractivity contribution in [3.05, 3.63) is 29.6 Å². The number of rotatable bonds is 7. The first-order valence-corrected chi connectivity index (χ1v) is 8.02. The third-order valence-corrected chi connectivity index (χ3v) is 3.89. The van der Waals surface area contributed by atoms with Crippen molar-refractivity contribution in [3.63, 3.8) is 0 Å². The molecule has 118 valence electrons.